The van der Waals surface area contributed by atoms with Crippen LogP contribution >= 0.6 is 0 Å². The van der Waals surface area contributed by atoms with E-state index in [0.717, 1.165) is 64.0 Å². The molecule has 6 rings (SSSR count). The maximum Gasteiger partial charge on any atom is 0.277 e. The molecule has 3 fully saturated rings. The number of nitrogens with one attached hydrogen (secondary N) is 2. The van der Waals surface area contributed by atoms with Gasteiger partial charge in [0.05, 0.1) is 17.5 Å². The molecule has 1 aromatic heterocycles. The van der Waals surface area contributed by atoms with Gasteiger partial charge in [-0.3, -0.25) is 9.59 Å². The average Bonchev–Trinajstić information content (AvgIpc) is 3.69. The zero-order valence-corrected chi connectivity index (χ0v) is 22.9. The fourth-order valence-corrected chi connectivity index (χ4v) is 5.82. The molecule has 2 saturated carbocycles. The second kappa shape index (κ2) is 11.3. The minimum absolute atomic E-state index is 0.0561. The van der Waals surface area contributed by atoms with Crippen molar-refractivity contribution in [1.29, 1.82) is 0 Å². The Morgan fingerprint density at radius 1 is 0.950 bits per heavy atom. The van der Waals surface area contributed by atoms with Crippen LogP contribution in [0.25, 0.3) is 0 Å². The van der Waals surface area contributed by atoms with Crippen LogP contribution in [0.1, 0.15) is 76.7 Å². The van der Waals surface area contributed by atoms with Gasteiger partial charge < -0.3 is 30.0 Å². The number of anilines is 3. The summed E-state index contributed by atoms with van der Waals surface area (Å²) in [5.74, 6) is 0.360. The van der Waals surface area contributed by atoms with Crippen molar-refractivity contribution >= 4 is 28.9 Å². The summed E-state index contributed by atoms with van der Waals surface area (Å²) in [7, 11) is 0. The lowest BCUT2D eigenvalue weighted by Crippen LogP contribution is -2.47. The van der Waals surface area contributed by atoms with E-state index in [1.807, 2.05) is 12.1 Å². The molecule has 0 radical (unpaired) electrons. The van der Waals surface area contributed by atoms with Gasteiger partial charge in [-0.15, -0.1) is 0 Å². The van der Waals surface area contributed by atoms with Crippen molar-refractivity contribution in [2.75, 3.05) is 41.3 Å². The molecular weight excluding hydrogens is 506 g/mol. The number of aliphatic hydroxyl groups is 1. The molecule has 3 aromatic rings. The third-order valence-electron chi connectivity index (χ3n) is 8.25. The number of hydrogen-bond acceptors (Lipinski definition) is 7. The van der Waals surface area contributed by atoms with Crippen molar-refractivity contribution in [2.24, 2.45) is 0 Å². The summed E-state index contributed by atoms with van der Waals surface area (Å²) in [5.41, 5.74) is 4.64. The van der Waals surface area contributed by atoms with Gasteiger partial charge in [0, 0.05) is 49.4 Å². The van der Waals surface area contributed by atoms with E-state index in [4.69, 9.17) is 4.42 Å². The SMILES string of the molecule is Cc1ccccc1N1CCN(c2ccc(C(=O)N[C@@H]3CCC[C@@H](O)C3)cc2NC(=O)c2coc(C3CC3)n2)CC1. The van der Waals surface area contributed by atoms with Crippen molar-refractivity contribution in [3.63, 3.8) is 0 Å². The molecule has 2 amide bonds. The van der Waals surface area contributed by atoms with Crippen molar-refractivity contribution in [1.82, 2.24) is 10.3 Å². The van der Waals surface area contributed by atoms with E-state index in [2.05, 4.69) is 56.6 Å². The number of oxazole rings is 1. The Morgan fingerprint density at radius 2 is 1.70 bits per heavy atom. The molecule has 0 bridgehead atoms. The van der Waals surface area contributed by atoms with E-state index in [1.54, 1.807) is 6.07 Å². The number of benzene rings is 2. The van der Waals surface area contributed by atoms with Crippen LogP contribution in [-0.2, 0) is 0 Å². The van der Waals surface area contributed by atoms with Gasteiger partial charge in [0.2, 0.25) is 0 Å². The van der Waals surface area contributed by atoms with E-state index in [0.29, 0.717) is 29.5 Å². The van der Waals surface area contributed by atoms with E-state index < -0.39 is 0 Å². The topological polar surface area (TPSA) is 111 Å². The van der Waals surface area contributed by atoms with Crippen molar-refractivity contribution in [3.8, 4) is 0 Å². The summed E-state index contributed by atoms with van der Waals surface area (Å²) < 4.78 is 5.54. The molecule has 210 valence electrons. The highest BCUT2D eigenvalue weighted by atomic mass is 16.3. The number of para-hydroxylation sites is 1. The van der Waals surface area contributed by atoms with Gasteiger partial charge in [0.25, 0.3) is 11.8 Å². The molecule has 2 atom stereocenters. The minimum Gasteiger partial charge on any atom is -0.448 e. The number of carbonyl (C=O) groups excluding carboxylic acids is 2. The van der Waals surface area contributed by atoms with Crippen LogP contribution in [0.3, 0.4) is 0 Å². The van der Waals surface area contributed by atoms with Crippen molar-refractivity contribution in [2.45, 2.75) is 63.5 Å². The molecule has 1 aliphatic heterocycles. The maximum atomic E-state index is 13.2. The van der Waals surface area contributed by atoms with Crippen molar-refractivity contribution < 1.29 is 19.1 Å². The highest BCUT2D eigenvalue weighted by Crippen LogP contribution is 2.39. The van der Waals surface area contributed by atoms with E-state index in [9.17, 15) is 14.7 Å². The highest BCUT2D eigenvalue weighted by Gasteiger charge is 2.30. The number of hydrogen-bond donors (Lipinski definition) is 3. The lowest BCUT2D eigenvalue weighted by Gasteiger charge is -2.38. The Bertz CT molecular complexity index is 1380. The van der Waals surface area contributed by atoms with Crippen LogP contribution in [0.4, 0.5) is 17.1 Å². The molecular formula is C31H37N5O4. The van der Waals surface area contributed by atoms with E-state index in [1.165, 1.54) is 17.5 Å². The van der Waals surface area contributed by atoms with Gasteiger partial charge >= 0.3 is 0 Å². The second-order valence-electron chi connectivity index (χ2n) is 11.3. The van der Waals surface area contributed by atoms with Crippen LogP contribution in [0.5, 0.6) is 0 Å². The number of piperazine rings is 1. The molecule has 3 aliphatic rings. The third kappa shape index (κ3) is 5.84. The van der Waals surface area contributed by atoms with Gasteiger partial charge in [0.1, 0.15) is 6.26 Å². The predicted molar refractivity (Wildman–Crippen MR) is 154 cm³/mol. The zero-order valence-electron chi connectivity index (χ0n) is 22.9. The van der Waals surface area contributed by atoms with Gasteiger partial charge in [-0.05, 0) is 75.3 Å². The Hall–Kier alpha value is -3.85. The Morgan fingerprint density at radius 3 is 2.42 bits per heavy atom. The first kappa shape index (κ1) is 26.4. The van der Waals surface area contributed by atoms with Gasteiger partial charge in [-0.2, -0.15) is 0 Å². The molecule has 2 aliphatic carbocycles. The number of nitrogens with zero attached hydrogens (tertiary/aromatic N) is 3. The monoisotopic (exact) mass is 543 g/mol. The van der Waals surface area contributed by atoms with Gasteiger partial charge in [-0.1, -0.05) is 18.2 Å². The summed E-state index contributed by atoms with van der Waals surface area (Å²) in [6.07, 6.45) is 6.19. The standard InChI is InChI=1S/C31H37N5O4/c1-20-5-2-3-8-27(20)35-13-15-36(16-14-35)28-12-11-22(29(38)32-23-6-4-7-24(37)18-23)17-25(28)33-30(39)26-19-40-31(34-26)21-9-10-21/h2-3,5,8,11-12,17,19,21,23-24,37H,4,6-7,9-10,13-16,18H2,1H3,(H,32,38)(H,33,39)/t23-,24-/m1/s1. The summed E-state index contributed by atoms with van der Waals surface area (Å²) in [6, 6.07) is 13.8. The molecule has 0 unspecified atom stereocenters. The predicted octanol–water partition coefficient (Wildman–Crippen LogP) is 4.47. The number of aromatic nitrogens is 1. The van der Waals surface area contributed by atoms with Crippen LogP contribution in [0, 0.1) is 6.92 Å². The number of rotatable bonds is 7. The number of carbonyl (C=O) groups is 2. The molecule has 2 heterocycles. The molecule has 1 saturated heterocycles. The van der Waals surface area contributed by atoms with E-state index >= 15 is 0 Å². The zero-order chi connectivity index (χ0) is 27.6. The van der Waals surface area contributed by atoms with Crippen molar-refractivity contribution in [3.05, 3.63) is 71.4 Å². The first-order chi connectivity index (χ1) is 19.4. The fourth-order valence-electron chi connectivity index (χ4n) is 5.82. The highest BCUT2D eigenvalue weighted by molar-refractivity contribution is 6.06. The first-order valence-electron chi connectivity index (χ1n) is 14.4. The van der Waals surface area contributed by atoms with E-state index in [-0.39, 0.29) is 29.7 Å². The average molecular weight is 544 g/mol. The van der Waals surface area contributed by atoms with Crippen LogP contribution in [-0.4, -0.2) is 60.2 Å². The minimum atomic E-state index is -0.377. The number of aryl methyl sites for hydroxylation is 1. The third-order valence-corrected chi connectivity index (χ3v) is 8.25. The van der Waals surface area contributed by atoms with Crippen LogP contribution in [0.2, 0.25) is 0 Å². The largest absolute Gasteiger partial charge is 0.448 e. The molecule has 2 aromatic carbocycles. The molecule has 40 heavy (non-hydrogen) atoms. The summed E-state index contributed by atoms with van der Waals surface area (Å²) in [5, 5.41) is 16.1. The Kier molecular flexibility index (Phi) is 7.47. The maximum absolute atomic E-state index is 13.2. The molecule has 9 nitrogen and oxygen atoms in total. The second-order valence-corrected chi connectivity index (χ2v) is 11.3. The molecule has 3 N–H and O–H groups in total. The normalized spacial score (nSPS) is 21.2. The van der Waals surface area contributed by atoms with Gasteiger partial charge in [-0.25, -0.2) is 4.98 Å². The summed E-state index contributed by atoms with van der Waals surface area (Å²) in [4.78, 5) is 35.4. The molecule has 0 spiro atoms. The number of aliphatic hydroxyl groups excluding tert-OH is 1. The Labute approximate surface area is 234 Å². The van der Waals surface area contributed by atoms with Crippen LogP contribution < -0.4 is 20.4 Å². The lowest BCUT2D eigenvalue weighted by molar-refractivity contribution is 0.0849. The number of amides is 2. The lowest BCUT2D eigenvalue weighted by atomic mass is 9.93. The quantitative estimate of drug-likeness (QED) is 0.403. The molecule has 9 heteroatoms. The van der Waals surface area contributed by atoms with Gasteiger partial charge in [0.15, 0.2) is 11.6 Å². The fraction of sp³-hybridized carbons (Fsp3) is 0.452. The smallest absolute Gasteiger partial charge is 0.277 e. The first-order valence-corrected chi connectivity index (χ1v) is 14.4. The van der Waals surface area contributed by atoms with Crippen LogP contribution in [0.15, 0.2) is 53.1 Å². The summed E-state index contributed by atoms with van der Waals surface area (Å²) >= 11 is 0. The Balaban J connectivity index is 1.21. The summed E-state index contributed by atoms with van der Waals surface area (Å²) in [6.45, 7) is 5.37.